The molecule has 2 aromatic rings. The van der Waals surface area contributed by atoms with Gasteiger partial charge in [0.15, 0.2) is 0 Å². The summed E-state index contributed by atoms with van der Waals surface area (Å²) in [5.74, 6) is 1.52. The summed E-state index contributed by atoms with van der Waals surface area (Å²) in [7, 11) is 1.63. The molecular weight excluding hydrogens is 294 g/mol. The Bertz CT molecular complexity index is 638. The van der Waals surface area contributed by atoms with Crippen LogP contribution in [-0.4, -0.2) is 18.8 Å². The molecule has 0 aliphatic rings. The van der Waals surface area contributed by atoms with Gasteiger partial charge in [-0.05, 0) is 29.8 Å². The van der Waals surface area contributed by atoms with Gasteiger partial charge in [0, 0.05) is 17.2 Å². The third-order valence-electron chi connectivity index (χ3n) is 3.10. The number of rotatable bonds is 7. The van der Waals surface area contributed by atoms with Crippen LogP contribution in [0.2, 0.25) is 0 Å². The van der Waals surface area contributed by atoms with Gasteiger partial charge in [-0.25, -0.2) is 0 Å². The van der Waals surface area contributed by atoms with E-state index in [0.717, 1.165) is 22.0 Å². The van der Waals surface area contributed by atoms with Gasteiger partial charge in [0.05, 0.1) is 12.7 Å². The second-order valence-electron chi connectivity index (χ2n) is 4.63. The molecule has 0 saturated heterocycles. The number of nitrogens with one attached hydrogen (secondary N) is 1. The van der Waals surface area contributed by atoms with Crippen LogP contribution < -0.4 is 10.1 Å². The Hall–Kier alpha value is -2.20. The SMILES string of the molecule is C=CCSc1ccccc1C(=O)NCc1ccc(OC)cc1. The smallest absolute Gasteiger partial charge is 0.252 e. The minimum Gasteiger partial charge on any atom is -0.497 e. The molecule has 0 aliphatic heterocycles. The summed E-state index contributed by atoms with van der Waals surface area (Å²) >= 11 is 1.61. The van der Waals surface area contributed by atoms with Crippen molar-refractivity contribution in [3.63, 3.8) is 0 Å². The highest BCUT2D eigenvalue weighted by atomic mass is 32.2. The zero-order valence-electron chi connectivity index (χ0n) is 12.5. The second kappa shape index (κ2) is 8.29. The lowest BCUT2D eigenvalue weighted by atomic mass is 10.2. The van der Waals surface area contributed by atoms with E-state index in [2.05, 4.69) is 11.9 Å². The molecule has 0 fully saturated rings. The molecule has 0 heterocycles. The van der Waals surface area contributed by atoms with Gasteiger partial charge in [-0.15, -0.1) is 18.3 Å². The van der Waals surface area contributed by atoms with Crippen molar-refractivity contribution in [2.75, 3.05) is 12.9 Å². The maximum Gasteiger partial charge on any atom is 0.252 e. The van der Waals surface area contributed by atoms with E-state index in [0.29, 0.717) is 12.1 Å². The van der Waals surface area contributed by atoms with Gasteiger partial charge >= 0.3 is 0 Å². The van der Waals surface area contributed by atoms with Gasteiger partial charge in [-0.3, -0.25) is 4.79 Å². The van der Waals surface area contributed by atoms with Crippen LogP contribution in [0.4, 0.5) is 0 Å². The standard InChI is InChI=1S/C18H19NO2S/c1-3-12-22-17-7-5-4-6-16(17)18(20)19-13-14-8-10-15(21-2)11-9-14/h3-11H,1,12-13H2,2H3,(H,19,20). The number of carbonyl (C=O) groups excluding carboxylic acids is 1. The quantitative estimate of drug-likeness (QED) is 0.622. The molecule has 114 valence electrons. The van der Waals surface area contributed by atoms with Crippen molar-refractivity contribution in [3.8, 4) is 5.75 Å². The van der Waals surface area contributed by atoms with Gasteiger partial charge in [0.1, 0.15) is 5.75 Å². The van der Waals surface area contributed by atoms with Crippen LogP contribution in [0.3, 0.4) is 0 Å². The summed E-state index contributed by atoms with van der Waals surface area (Å²) in [5.41, 5.74) is 1.73. The van der Waals surface area contributed by atoms with E-state index in [4.69, 9.17) is 4.74 Å². The molecular formula is C18H19NO2S. The second-order valence-corrected chi connectivity index (χ2v) is 5.69. The third-order valence-corrected chi connectivity index (χ3v) is 4.17. The molecule has 0 aromatic heterocycles. The van der Waals surface area contributed by atoms with Crippen molar-refractivity contribution in [2.24, 2.45) is 0 Å². The molecule has 0 bridgehead atoms. The molecule has 0 saturated carbocycles. The van der Waals surface area contributed by atoms with Crippen LogP contribution in [0.1, 0.15) is 15.9 Å². The first kappa shape index (κ1) is 16.2. The Morgan fingerprint density at radius 1 is 1.23 bits per heavy atom. The maximum atomic E-state index is 12.4. The van der Waals surface area contributed by atoms with E-state index in [1.165, 1.54) is 0 Å². The number of ether oxygens (including phenoxy) is 1. The topological polar surface area (TPSA) is 38.3 Å². The Morgan fingerprint density at radius 3 is 2.64 bits per heavy atom. The predicted molar refractivity (Wildman–Crippen MR) is 91.5 cm³/mol. The van der Waals surface area contributed by atoms with E-state index in [1.807, 2.05) is 54.6 Å². The zero-order chi connectivity index (χ0) is 15.8. The molecule has 2 aromatic carbocycles. The van der Waals surface area contributed by atoms with Gasteiger partial charge in [-0.2, -0.15) is 0 Å². The minimum atomic E-state index is -0.0667. The van der Waals surface area contributed by atoms with E-state index in [9.17, 15) is 4.79 Å². The molecule has 2 rings (SSSR count). The zero-order valence-corrected chi connectivity index (χ0v) is 13.4. The van der Waals surface area contributed by atoms with Crippen molar-refractivity contribution in [1.29, 1.82) is 0 Å². The highest BCUT2D eigenvalue weighted by Crippen LogP contribution is 2.22. The van der Waals surface area contributed by atoms with Crippen LogP contribution in [0.25, 0.3) is 0 Å². The number of thioether (sulfide) groups is 1. The molecule has 1 amide bonds. The first-order valence-corrected chi connectivity index (χ1v) is 7.97. The van der Waals surface area contributed by atoms with Crippen molar-refractivity contribution >= 4 is 17.7 Å². The lowest BCUT2D eigenvalue weighted by molar-refractivity contribution is 0.0948. The fraction of sp³-hybridized carbons (Fsp3) is 0.167. The summed E-state index contributed by atoms with van der Waals surface area (Å²) in [6.45, 7) is 4.20. The molecule has 22 heavy (non-hydrogen) atoms. The van der Waals surface area contributed by atoms with E-state index in [-0.39, 0.29) is 5.91 Å². The van der Waals surface area contributed by atoms with Gasteiger partial charge < -0.3 is 10.1 Å². The average Bonchev–Trinajstić information content (AvgIpc) is 2.58. The summed E-state index contributed by atoms with van der Waals surface area (Å²) in [5, 5.41) is 2.95. The predicted octanol–water partition coefficient (Wildman–Crippen LogP) is 3.90. The van der Waals surface area contributed by atoms with E-state index < -0.39 is 0 Å². The van der Waals surface area contributed by atoms with Crippen molar-refractivity contribution in [2.45, 2.75) is 11.4 Å². The van der Waals surface area contributed by atoms with E-state index >= 15 is 0 Å². The largest absolute Gasteiger partial charge is 0.497 e. The number of carbonyl (C=O) groups is 1. The lowest BCUT2D eigenvalue weighted by Gasteiger charge is -2.09. The number of hydrogen-bond donors (Lipinski definition) is 1. The van der Waals surface area contributed by atoms with Crippen molar-refractivity contribution < 1.29 is 9.53 Å². The Balaban J connectivity index is 2.00. The summed E-state index contributed by atoms with van der Waals surface area (Å²) in [6, 6.07) is 15.3. The molecule has 1 N–H and O–H groups in total. The first-order valence-electron chi connectivity index (χ1n) is 6.98. The maximum absolute atomic E-state index is 12.4. The summed E-state index contributed by atoms with van der Waals surface area (Å²) in [4.78, 5) is 13.3. The number of benzene rings is 2. The first-order chi connectivity index (χ1) is 10.7. The van der Waals surface area contributed by atoms with Crippen LogP contribution in [0.15, 0.2) is 66.1 Å². The normalized spacial score (nSPS) is 10.0. The lowest BCUT2D eigenvalue weighted by Crippen LogP contribution is -2.23. The fourth-order valence-electron chi connectivity index (χ4n) is 1.95. The van der Waals surface area contributed by atoms with Gasteiger partial charge in [0.25, 0.3) is 5.91 Å². The molecule has 4 heteroatoms. The van der Waals surface area contributed by atoms with Gasteiger partial charge in [0.2, 0.25) is 0 Å². The Kier molecular flexibility index (Phi) is 6.10. The number of hydrogen-bond acceptors (Lipinski definition) is 3. The van der Waals surface area contributed by atoms with E-state index in [1.54, 1.807) is 18.9 Å². The Morgan fingerprint density at radius 2 is 1.95 bits per heavy atom. The van der Waals surface area contributed by atoms with Crippen LogP contribution in [-0.2, 0) is 6.54 Å². The highest BCUT2D eigenvalue weighted by Gasteiger charge is 2.10. The molecule has 0 radical (unpaired) electrons. The molecule has 0 aliphatic carbocycles. The molecule has 0 atom stereocenters. The molecule has 0 unspecified atom stereocenters. The monoisotopic (exact) mass is 313 g/mol. The van der Waals surface area contributed by atoms with Gasteiger partial charge in [-0.1, -0.05) is 30.3 Å². The number of methoxy groups -OCH3 is 1. The number of amides is 1. The Labute approximate surface area is 135 Å². The molecule has 0 spiro atoms. The average molecular weight is 313 g/mol. The third kappa shape index (κ3) is 4.40. The summed E-state index contributed by atoms with van der Waals surface area (Å²) in [6.07, 6.45) is 1.83. The van der Waals surface area contributed by atoms with Crippen molar-refractivity contribution in [3.05, 3.63) is 72.3 Å². The van der Waals surface area contributed by atoms with Crippen molar-refractivity contribution in [1.82, 2.24) is 5.32 Å². The minimum absolute atomic E-state index is 0.0667. The highest BCUT2D eigenvalue weighted by molar-refractivity contribution is 7.99. The molecule has 3 nitrogen and oxygen atoms in total. The van der Waals surface area contributed by atoms with Crippen LogP contribution >= 0.6 is 11.8 Å². The van der Waals surface area contributed by atoms with Crippen LogP contribution in [0, 0.1) is 0 Å². The van der Waals surface area contributed by atoms with Crippen LogP contribution in [0.5, 0.6) is 5.75 Å². The summed E-state index contributed by atoms with van der Waals surface area (Å²) < 4.78 is 5.12. The fourth-order valence-corrected chi connectivity index (χ4v) is 2.74.